The molecule has 4 atom stereocenters. The zero-order chi connectivity index (χ0) is 34.8. The minimum atomic E-state index is -2.31. The molecule has 2 N–H and O–H groups in total. The molecular formula is C32H56IN5O4SSi3. The predicted octanol–water partition coefficient (Wildman–Crippen LogP) is 9.44. The van der Waals surface area contributed by atoms with Gasteiger partial charge in [0.05, 0.1) is 20.7 Å². The molecule has 0 radical (unpaired) electrons. The van der Waals surface area contributed by atoms with E-state index in [1.54, 1.807) is 17.7 Å². The fraction of sp³-hybridized carbons (Fsp3) is 0.719. The fourth-order valence-corrected chi connectivity index (χ4v) is 9.72. The lowest BCUT2D eigenvalue weighted by Gasteiger charge is -2.44. The third kappa shape index (κ3) is 7.69. The van der Waals surface area contributed by atoms with E-state index in [0.29, 0.717) is 29.4 Å². The van der Waals surface area contributed by atoms with Gasteiger partial charge in [-0.3, -0.25) is 4.57 Å². The van der Waals surface area contributed by atoms with Gasteiger partial charge in [0, 0.05) is 0 Å². The summed E-state index contributed by atoms with van der Waals surface area (Å²) >= 11 is 3.94. The number of hydrogen-bond donors (Lipinski definition) is 1. The maximum atomic E-state index is 7.34. The van der Waals surface area contributed by atoms with Gasteiger partial charge >= 0.3 is 0 Å². The van der Waals surface area contributed by atoms with Crippen LogP contribution in [0, 0.1) is 2.88 Å². The van der Waals surface area contributed by atoms with E-state index in [2.05, 4.69) is 135 Å². The molecule has 0 aliphatic carbocycles. The van der Waals surface area contributed by atoms with Crippen LogP contribution >= 0.6 is 33.9 Å². The van der Waals surface area contributed by atoms with E-state index in [1.165, 1.54) is 0 Å². The standard InChI is InChI=1S/C32H56IN5O4SSi3/c1-30(2,3)44(10,11)39-18-20-24(41-45(12,13)31(4,5)6)25(42-46(14,15)32(7,8)9)29(40-20)38-19-35-23-26(34)36-27(37-28(23)38)21-16-17-22(33)43-21/h16-17,19-20,24-25,29H,18H2,1-15H3,(H2,34,36,37)/t20-,24-,25+,29-/m1/s1. The van der Waals surface area contributed by atoms with Crippen LogP contribution in [0.15, 0.2) is 18.5 Å². The Morgan fingerprint density at radius 3 is 1.89 bits per heavy atom. The Morgan fingerprint density at radius 1 is 0.848 bits per heavy atom. The summed E-state index contributed by atoms with van der Waals surface area (Å²) in [7, 11) is -6.68. The number of thiophene rings is 1. The van der Waals surface area contributed by atoms with Gasteiger partial charge in [-0.05, 0) is 89.1 Å². The van der Waals surface area contributed by atoms with E-state index in [1.807, 2.05) is 10.6 Å². The Kier molecular flexibility index (Phi) is 10.6. The highest BCUT2D eigenvalue weighted by Gasteiger charge is 2.55. The summed E-state index contributed by atoms with van der Waals surface area (Å²) in [6.45, 7) is 34.5. The number of nitrogen functional groups attached to an aromatic ring is 1. The molecule has 3 aromatic rings. The van der Waals surface area contributed by atoms with Gasteiger partial charge in [0.25, 0.3) is 0 Å². The van der Waals surface area contributed by atoms with Crippen LogP contribution in [0.5, 0.6) is 0 Å². The third-order valence-electron chi connectivity index (χ3n) is 10.7. The molecule has 0 amide bonds. The lowest BCUT2D eigenvalue weighted by atomic mass is 10.1. The first-order chi connectivity index (χ1) is 20.8. The highest BCUT2D eigenvalue weighted by molar-refractivity contribution is 14.1. The summed E-state index contributed by atoms with van der Waals surface area (Å²) in [5.41, 5.74) is 7.68. The van der Waals surface area contributed by atoms with E-state index in [4.69, 9.17) is 33.7 Å². The normalized spacial score (nSPS) is 22.3. The van der Waals surface area contributed by atoms with Gasteiger partial charge in [-0.25, -0.2) is 15.0 Å². The first-order valence-corrected chi connectivity index (χ1v) is 26.8. The van der Waals surface area contributed by atoms with Crippen LogP contribution in [-0.2, 0) is 18.0 Å². The maximum absolute atomic E-state index is 7.34. The molecule has 1 saturated heterocycles. The maximum Gasteiger partial charge on any atom is 0.192 e. The molecule has 0 saturated carbocycles. The smallest absolute Gasteiger partial charge is 0.192 e. The van der Waals surface area contributed by atoms with E-state index < -0.39 is 37.3 Å². The van der Waals surface area contributed by atoms with Gasteiger partial charge in [-0.15, -0.1) is 11.3 Å². The van der Waals surface area contributed by atoms with Crippen LogP contribution < -0.4 is 5.73 Å². The van der Waals surface area contributed by atoms with Crippen molar-refractivity contribution in [2.75, 3.05) is 12.3 Å². The second-order valence-corrected chi connectivity index (χ2v) is 34.5. The van der Waals surface area contributed by atoms with Crippen molar-refractivity contribution in [1.82, 2.24) is 19.5 Å². The Morgan fingerprint density at radius 2 is 1.39 bits per heavy atom. The number of imidazole rings is 1. The van der Waals surface area contributed by atoms with Crippen molar-refractivity contribution >= 4 is 75.9 Å². The van der Waals surface area contributed by atoms with Crippen LogP contribution in [0.25, 0.3) is 21.9 Å². The zero-order valence-corrected chi connectivity index (χ0v) is 36.5. The van der Waals surface area contributed by atoms with Gasteiger partial charge < -0.3 is 23.7 Å². The third-order valence-corrected chi connectivity index (χ3v) is 26.0. The van der Waals surface area contributed by atoms with Crippen molar-refractivity contribution in [3.05, 3.63) is 21.3 Å². The number of ether oxygens (including phenoxy) is 1. The van der Waals surface area contributed by atoms with E-state index in [9.17, 15) is 0 Å². The molecule has 4 rings (SSSR count). The van der Waals surface area contributed by atoms with E-state index in [-0.39, 0.29) is 27.3 Å². The molecule has 46 heavy (non-hydrogen) atoms. The number of nitrogens with two attached hydrogens (primary N) is 1. The lowest BCUT2D eigenvalue weighted by Crippen LogP contribution is -2.54. The summed E-state index contributed by atoms with van der Waals surface area (Å²) in [6, 6.07) is 4.08. The molecule has 9 nitrogen and oxygen atoms in total. The summed E-state index contributed by atoms with van der Waals surface area (Å²) in [5.74, 6) is 0.917. The van der Waals surface area contributed by atoms with Crippen LogP contribution in [-0.4, -0.2) is 69.4 Å². The van der Waals surface area contributed by atoms with Gasteiger partial charge in [0.15, 0.2) is 48.5 Å². The number of nitrogens with zero attached hydrogens (tertiary/aromatic N) is 4. The van der Waals surface area contributed by atoms with Gasteiger partial charge in [0.2, 0.25) is 0 Å². The number of anilines is 1. The number of aromatic nitrogens is 4. The van der Waals surface area contributed by atoms with E-state index in [0.717, 1.165) is 7.76 Å². The zero-order valence-electron chi connectivity index (χ0n) is 30.5. The van der Waals surface area contributed by atoms with Crippen molar-refractivity contribution in [2.24, 2.45) is 0 Å². The first-order valence-electron chi connectivity index (χ1n) is 16.2. The van der Waals surface area contributed by atoms with E-state index >= 15 is 0 Å². The minimum Gasteiger partial charge on any atom is -0.414 e. The molecule has 258 valence electrons. The predicted molar refractivity (Wildman–Crippen MR) is 207 cm³/mol. The van der Waals surface area contributed by atoms with Gasteiger partial charge in [-0.1, -0.05) is 62.3 Å². The molecule has 3 aromatic heterocycles. The Labute approximate surface area is 297 Å². The van der Waals surface area contributed by atoms with Crippen LogP contribution in [0.1, 0.15) is 68.5 Å². The van der Waals surface area contributed by atoms with Crippen LogP contribution in [0.3, 0.4) is 0 Å². The number of hydrogen-bond acceptors (Lipinski definition) is 9. The Bertz CT molecular complexity index is 1540. The van der Waals surface area contributed by atoms with Crippen molar-refractivity contribution in [2.45, 2.75) is 141 Å². The summed E-state index contributed by atoms with van der Waals surface area (Å²) < 4.78 is 31.7. The molecular weight excluding hydrogens is 762 g/mol. The molecule has 1 fully saturated rings. The largest absolute Gasteiger partial charge is 0.414 e. The topological polar surface area (TPSA) is 107 Å². The van der Waals surface area contributed by atoms with Crippen molar-refractivity contribution in [3.8, 4) is 10.7 Å². The van der Waals surface area contributed by atoms with Crippen molar-refractivity contribution in [1.29, 1.82) is 0 Å². The number of halogens is 1. The van der Waals surface area contributed by atoms with Gasteiger partial charge in [0.1, 0.15) is 23.8 Å². The average molecular weight is 818 g/mol. The summed E-state index contributed by atoms with van der Waals surface area (Å²) in [4.78, 5) is 15.3. The van der Waals surface area contributed by atoms with Crippen LogP contribution in [0.4, 0.5) is 5.82 Å². The summed E-state index contributed by atoms with van der Waals surface area (Å²) in [5, 5.41) is 0.0265. The van der Waals surface area contributed by atoms with Crippen molar-refractivity contribution < 1.29 is 18.0 Å². The molecule has 0 unspecified atom stereocenters. The highest BCUT2D eigenvalue weighted by atomic mass is 127. The number of rotatable bonds is 9. The first kappa shape index (κ1) is 38.1. The van der Waals surface area contributed by atoms with Crippen molar-refractivity contribution in [3.63, 3.8) is 0 Å². The molecule has 1 aliphatic rings. The molecule has 0 bridgehead atoms. The molecule has 0 aromatic carbocycles. The second kappa shape index (κ2) is 12.9. The van der Waals surface area contributed by atoms with Crippen LogP contribution in [0.2, 0.25) is 54.4 Å². The van der Waals surface area contributed by atoms with Gasteiger partial charge in [-0.2, -0.15) is 0 Å². The lowest BCUT2D eigenvalue weighted by molar-refractivity contribution is -0.0470. The Balaban J connectivity index is 1.88. The average Bonchev–Trinajstić information content (AvgIpc) is 3.58. The number of fused-ring (bicyclic) bond motifs is 1. The summed E-state index contributed by atoms with van der Waals surface area (Å²) in [6.07, 6.45) is 0.109. The second-order valence-electron chi connectivity index (χ2n) is 17.2. The molecule has 14 heteroatoms. The monoisotopic (exact) mass is 817 g/mol. The Hall–Kier alpha value is -0.729. The molecule has 4 heterocycles. The fourth-order valence-electron chi connectivity index (χ4n) is 4.54. The minimum absolute atomic E-state index is 0.00600. The highest BCUT2D eigenvalue weighted by Crippen LogP contribution is 2.47. The molecule has 0 spiro atoms. The SMILES string of the molecule is CC(C)(C)[Si](C)(C)OC[C@H]1O[C@@H](n2cnc3c(N)nc(-c4ccc(I)s4)nc32)[C@@H](O[Si](C)(C)C(C)(C)C)[C@@H]1O[Si](C)(C)C(C)(C)C. The quantitative estimate of drug-likeness (QED) is 0.168. The molecule has 1 aliphatic heterocycles.